The molecule has 2 aliphatic rings. The number of rotatable bonds is 12. The molecule has 3 heterocycles. The van der Waals surface area contributed by atoms with E-state index in [1.807, 2.05) is 31.2 Å². The summed E-state index contributed by atoms with van der Waals surface area (Å²) in [6.07, 6.45) is 4.75. The van der Waals surface area contributed by atoms with Crippen LogP contribution in [0.15, 0.2) is 102 Å². The minimum atomic E-state index is -0.254. The first-order valence-corrected chi connectivity index (χ1v) is 25.0. The molecule has 5 aromatic rings. The van der Waals surface area contributed by atoms with Gasteiger partial charge in [-0.1, -0.05) is 70.2 Å². The quantitative estimate of drug-likeness (QED) is 0.0173. The first-order valence-electron chi connectivity index (χ1n) is 21.7. The number of thiocarbonyl (C=S) groups is 1. The van der Waals surface area contributed by atoms with Crippen LogP contribution in [0.5, 0.6) is 11.5 Å². The van der Waals surface area contributed by atoms with Gasteiger partial charge in [-0.3, -0.25) is 9.59 Å². The van der Waals surface area contributed by atoms with Gasteiger partial charge in [0.25, 0.3) is 0 Å². The van der Waals surface area contributed by atoms with Gasteiger partial charge in [-0.2, -0.15) is 14.9 Å². The number of hydrogen-bond acceptors (Lipinski definition) is 14. The minimum absolute atomic E-state index is 0. The maximum Gasteiger partial charge on any atom is 0.206 e. The van der Waals surface area contributed by atoms with Crippen LogP contribution < -0.4 is 31.9 Å². The number of carbonyl (C=O) groups excluding carboxylic acids is 2. The van der Waals surface area contributed by atoms with E-state index in [1.54, 1.807) is 24.3 Å². The van der Waals surface area contributed by atoms with E-state index in [-0.39, 0.29) is 44.1 Å². The molecule has 0 radical (unpaired) electrons. The summed E-state index contributed by atoms with van der Waals surface area (Å²) in [6, 6.07) is 30.5. The third-order valence-corrected chi connectivity index (χ3v) is 13.5. The van der Waals surface area contributed by atoms with Crippen molar-refractivity contribution in [1.82, 2.24) is 14.8 Å². The third-order valence-electron chi connectivity index (χ3n) is 11.1. The Labute approximate surface area is 420 Å². The number of aromatic nitrogens is 1. The molecule has 2 aliphatic heterocycles. The van der Waals surface area contributed by atoms with Gasteiger partial charge in [0, 0.05) is 72.1 Å². The SMILES string of the molecule is CCSC(N)=NC(=S)Nc1ccc(N2CCC(N(C)C)CC2)cc1.CN(C)C1CCN(c2ccc(Nc3nc(N)c(C(=O)c4cccc(O)c4)s3)cc2)CC1.O=C(CBr)c1cccc(O)c1.P. The molecule has 0 amide bonds. The number of thiazole rings is 1. The topological polar surface area (TPSA) is 189 Å². The maximum absolute atomic E-state index is 12.7. The van der Waals surface area contributed by atoms with Crippen LogP contribution in [0.3, 0.4) is 0 Å². The Balaban J connectivity index is 0.000000241. The van der Waals surface area contributed by atoms with Crippen LogP contribution in [0.1, 0.15) is 58.2 Å². The van der Waals surface area contributed by atoms with Crippen LogP contribution in [0.25, 0.3) is 0 Å². The summed E-state index contributed by atoms with van der Waals surface area (Å²) in [4.78, 5) is 42.0. The van der Waals surface area contributed by atoms with Crippen molar-refractivity contribution in [3.05, 3.63) is 113 Å². The number of nitrogen functional groups attached to an aromatic ring is 1. The van der Waals surface area contributed by atoms with Crippen molar-refractivity contribution in [3.63, 3.8) is 0 Å². The number of benzene rings is 4. The molecule has 67 heavy (non-hydrogen) atoms. The number of phenolic OH excluding ortho intramolecular Hbond substituents is 2. The molecule has 1 aromatic heterocycles. The summed E-state index contributed by atoms with van der Waals surface area (Å²) in [5.74, 6) is 0.949. The summed E-state index contributed by atoms with van der Waals surface area (Å²) in [7, 11) is 8.62. The van der Waals surface area contributed by atoms with Crippen molar-refractivity contribution in [2.24, 2.45) is 10.7 Å². The largest absolute Gasteiger partial charge is 0.508 e. The van der Waals surface area contributed by atoms with Crippen LogP contribution >= 0.6 is 61.1 Å². The zero-order valence-corrected chi connectivity index (χ0v) is 44.3. The normalized spacial score (nSPS) is 14.3. The fourth-order valence-corrected chi connectivity index (χ4v) is 9.35. The number of aliphatic imine (C=N–C) groups is 1. The van der Waals surface area contributed by atoms with Gasteiger partial charge in [0.1, 0.15) is 22.2 Å². The lowest BCUT2D eigenvalue weighted by atomic mass is 10.0. The van der Waals surface area contributed by atoms with E-state index in [9.17, 15) is 14.7 Å². The van der Waals surface area contributed by atoms with Crippen LogP contribution in [0, 0.1) is 0 Å². The number of amidine groups is 1. The second kappa shape index (κ2) is 27.3. The smallest absolute Gasteiger partial charge is 0.206 e. The third kappa shape index (κ3) is 17.0. The minimum Gasteiger partial charge on any atom is -0.508 e. The van der Waals surface area contributed by atoms with Gasteiger partial charge in [-0.05, 0) is 145 Å². The lowest BCUT2D eigenvalue weighted by molar-refractivity contribution is 0.102. The predicted octanol–water partition coefficient (Wildman–Crippen LogP) is 8.95. The van der Waals surface area contributed by atoms with Crippen molar-refractivity contribution in [1.29, 1.82) is 0 Å². The Bertz CT molecular complexity index is 2390. The van der Waals surface area contributed by atoms with Crippen LogP contribution in [-0.4, -0.2) is 124 Å². The van der Waals surface area contributed by atoms with Crippen molar-refractivity contribution in [2.45, 2.75) is 44.7 Å². The number of Topliss-reactive ketones (excluding diaryl/α,β-unsaturated/α-hetero) is 1. The van der Waals surface area contributed by atoms with E-state index < -0.39 is 0 Å². The number of aromatic hydroxyl groups is 2. The summed E-state index contributed by atoms with van der Waals surface area (Å²) >= 11 is 10.9. The lowest BCUT2D eigenvalue weighted by Gasteiger charge is -2.36. The highest BCUT2D eigenvalue weighted by Gasteiger charge is 2.23. The fraction of sp³-hybridized carbons (Fsp3) is 0.354. The van der Waals surface area contributed by atoms with Crippen LogP contribution in [0.4, 0.5) is 33.7 Å². The number of nitrogens with two attached hydrogens (primary N) is 2. The predicted molar refractivity (Wildman–Crippen MR) is 295 cm³/mol. The van der Waals surface area contributed by atoms with Gasteiger partial charge in [0.2, 0.25) is 5.78 Å². The van der Waals surface area contributed by atoms with Gasteiger partial charge in [-0.25, -0.2) is 4.98 Å². The van der Waals surface area contributed by atoms with Gasteiger partial charge < -0.3 is 51.9 Å². The molecular weight excluding hydrogens is 988 g/mol. The van der Waals surface area contributed by atoms with E-state index in [1.165, 1.54) is 84.4 Å². The molecule has 14 nitrogen and oxygen atoms in total. The number of anilines is 6. The molecule has 2 saturated heterocycles. The molecule has 1 atom stereocenters. The number of ketones is 2. The average molecular weight is 1050 g/mol. The average Bonchev–Trinajstić information content (AvgIpc) is 3.68. The van der Waals surface area contributed by atoms with Crippen molar-refractivity contribution < 1.29 is 19.8 Å². The molecule has 4 aromatic carbocycles. The number of phenols is 2. The highest BCUT2D eigenvalue weighted by Crippen LogP contribution is 2.32. The van der Waals surface area contributed by atoms with Crippen LogP contribution in [-0.2, 0) is 0 Å². The molecule has 360 valence electrons. The van der Waals surface area contributed by atoms with Gasteiger partial charge in [0.15, 0.2) is 21.2 Å². The fourth-order valence-electron chi connectivity index (χ4n) is 7.43. The molecule has 0 spiro atoms. The highest BCUT2D eigenvalue weighted by atomic mass is 79.9. The van der Waals surface area contributed by atoms with Gasteiger partial charge in [-0.15, -0.1) is 0 Å². The highest BCUT2D eigenvalue weighted by molar-refractivity contribution is 9.09. The Morgan fingerprint density at radius 3 is 1.76 bits per heavy atom. The zero-order valence-electron chi connectivity index (χ0n) is 38.8. The van der Waals surface area contributed by atoms with Gasteiger partial charge >= 0.3 is 0 Å². The molecule has 0 aliphatic carbocycles. The molecule has 2 fully saturated rings. The zero-order chi connectivity index (χ0) is 47.8. The molecular formula is C48H64BrN10O4PS3. The molecule has 0 bridgehead atoms. The number of carbonyl (C=O) groups is 2. The summed E-state index contributed by atoms with van der Waals surface area (Å²) in [6.45, 7) is 6.34. The van der Waals surface area contributed by atoms with E-state index in [0.717, 1.165) is 43.3 Å². The van der Waals surface area contributed by atoms with E-state index in [2.05, 4.69) is 109 Å². The van der Waals surface area contributed by atoms with E-state index in [0.29, 0.717) is 43.5 Å². The Hall–Kier alpha value is -4.81. The number of thioether (sulfide) groups is 1. The molecule has 1 unspecified atom stereocenters. The molecule has 19 heteroatoms. The molecule has 0 saturated carbocycles. The standard InChI is InChI=1S/C23H27N5O2S.C17H27N5S2.C8H7BrO2.H3P/c1-27(2)17-10-12-28(13-11-17)18-8-6-16(7-9-18)25-23-26-22(24)21(31-23)20(30)15-4-3-5-19(29)14-15;1-4-24-16(18)20-17(23)19-13-5-7-15(8-6-13)22-11-9-14(10-12-22)21(2)3;9-5-8(11)6-2-1-3-7(10)4-6;/h3-9,14,17,29H,10-13,24H2,1-2H3,(H,25,26);5-8,14H,4,9-12H2,1-3H3,(H3,18,19,20,23);1-4,10H,5H2;1H3. The molecule has 7 rings (SSSR count). The number of hydrogen-bond donors (Lipinski definition) is 6. The Morgan fingerprint density at radius 2 is 1.30 bits per heavy atom. The number of halogens is 1. The second-order valence-corrected chi connectivity index (χ2v) is 19.3. The van der Waals surface area contributed by atoms with Gasteiger partial charge in [0.05, 0.1) is 5.33 Å². The second-order valence-electron chi connectivity index (χ2n) is 16.1. The van der Waals surface area contributed by atoms with E-state index >= 15 is 0 Å². The summed E-state index contributed by atoms with van der Waals surface area (Å²) in [5.41, 5.74) is 17.0. The maximum atomic E-state index is 12.7. The monoisotopic (exact) mass is 1050 g/mol. The molecule has 8 N–H and O–H groups in total. The number of nitrogens with one attached hydrogen (secondary N) is 2. The number of alkyl halides is 1. The lowest BCUT2D eigenvalue weighted by Crippen LogP contribution is -2.41. The Kier molecular flexibility index (Phi) is 22.3. The van der Waals surface area contributed by atoms with E-state index in [4.69, 9.17) is 28.8 Å². The number of nitrogens with zero attached hydrogens (tertiary/aromatic N) is 6. The van der Waals surface area contributed by atoms with Crippen molar-refractivity contribution in [3.8, 4) is 11.5 Å². The van der Waals surface area contributed by atoms with Crippen molar-refractivity contribution >= 4 is 117 Å². The first kappa shape index (κ1) is 54.8. The number of piperidine rings is 2. The van der Waals surface area contributed by atoms with Crippen molar-refractivity contribution in [2.75, 3.05) is 91.6 Å². The summed E-state index contributed by atoms with van der Waals surface area (Å²) < 4.78 is 0. The Morgan fingerprint density at radius 1 is 0.821 bits per heavy atom. The first-order chi connectivity index (χ1) is 31.6. The van der Waals surface area contributed by atoms with Crippen LogP contribution in [0.2, 0.25) is 0 Å². The summed E-state index contributed by atoms with van der Waals surface area (Å²) in [5, 5.41) is 26.7.